The highest BCUT2D eigenvalue weighted by atomic mass is 19.1. The van der Waals surface area contributed by atoms with Crippen LogP contribution in [0.4, 0.5) is 20.3 Å². The number of anilines is 2. The number of hydrogen-bond donors (Lipinski definition) is 2. The number of nitrogens with one attached hydrogen (secondary N) is 1. The zero-order valence-electron chi connectivity index (χ0n) is 11.3. The van der Waals surface area contributed by atoms with Crippen LogP contribution in [0.25, 0.3) is 10.9 Å². The van der Waals surface area contributed by atoms with Crippen molar-refractivity contribution in [3.8, 4) is 0 Å². The minimum absolute atomic E-state index is 0.0225. The molecular formula is C14H10F2N4O2. The van der Waals surface area contributed by atoms with Gasteiger partial charge in [0, 0.05) is 19.3 Å². The van der Waals surface area contributed by atoms with Gasteiger partial charge in [-0.15, -0.1) is 0 Å². The number of carboxylic acid groups (broad SMARTS) is 1. The van der Waals surface area contributed by atoms with Gasteiger partial charge in [-0.05, 0) is 12.1 Å². The van der Waals surface area contributed by atoms with E-state index in [2.05, 4.69) is 15.4 Å². The lowest BCUT2D eigenvalue weighted by atomic mass is 10.2. The van der Waals surface area contributed by atoms with Crippen molar-refractivity contribution in [3.63, 3.8) is 0 Å². The fourth-order valence-electron chi connectivity index (χ4n) is 2.23. The van der Waals surface area contributed by atoms with Crippen molar-refractivity contribution >= 4 is 28.4 Å². The molecule has 0 aliphatic heterocycles. The number of halogens is 2. The van der Waals surface area contributed by atoms with Crippen LogP contribution in [0.1, 0.15) is 10.4 Å². The van der Waals surface area contributed by atoms with Crippen LogP contribution in [0.15, 0.2) is 30.6 Å². The van der Waals surface area contributed by atoms with Gasteiger partial charge >= 0.3 is 5.97 Å². The minimum atomic E-state index is -1.15. The van der Waals surface area contributed by atoms with E-state index in [0.717, 1.165) is 12.1 Å². The van der Waals surface area contributed by atoms with Crippen molar-refractivity contribution < 1.29 is 18.7 Å². The van der Waals surface area contributed by atoms with Crippen LogP contribution in [-0.2, 0) is 7.05 Å². The van der Waals surface area contributed by atoms with Crippen molar-refractivity contribution in [2.75, 3.05) is 5.32 Å². The maximum atomic E-state index is 13.8. The lowest BCUT2D eigenvalue weighted by Crippen LogP contribution is -2.03. The van der Waals surface area contributed by atoms with Gasteiger partial charge in [-0.1, -0.05) is 0 Å². The van der Waals surface area contributed by atoms with E-state index < -0.39 is 17.6 Å². The normalized spacial score (nSPS) is 10.9. The van der Waals surface area contributed by atoms with Gasteiger partial charge < -0.3 is 10.4 Å². The van der Waals surface area contributed by atoms with Crippen molar-refractivity contribution in [1.82, 2.24) is 14.8 Å². The molecule has 0 atom stereocenters. The van der Waals surface area contributed by atoms with Gasteiger partial charge in [0.25, 0.3) is 0 Å². The van der Waals surface area contributed by atoms with Gasteiger partial charge in [-0.3, -0.25) is 9.67 Å². The summed E-state index contributed by atoms with van der Waals surface area (Å²) in [5.41, 5.74) is 0.273. The molecule has 3 rings (SSSR count). The second-order valence-corrected chi connectivity index (χ2v) is 4.61. The first kappa shape index (κ1) is 13.9. The number of fused-ring (bicyclic) bond motifs is 1. The smallest absolute Gasteiger partial charge is 0.337 e. The number of nitrogens with zero attached hydrogens (tertiary/aromatic N) is 3. The van der Waals surface area contributed by atoms with Crippen LogP contribution in [0.5, 0.6) is 0 Å². The zero-order chi connectivity index (χ0) is 15.9. The summed E-state index contributed by atoms with van der Waals surface area (Å²) in [4.78, 5) is 15.0. The molecule has 0 bridgehead atoms. The molecular weight excluding hydrogens is 294 g/mol. The molecule has 0 aliphatic carbocycles. The van der Waals surface area contributed by atoms with Gasteiger partial charge in [0.15, 0.2) is 11.6 Å². The maximum Gasteiger partial charge on any atom is 0.337 e. The summed E-state index contributed by atoms with van der Waals surface area (Å²) in [6.45, 7) is 0. The Morgan fingerprint density at radius 3 is 2.86 bits per heavy atom. The van der Waals surface area contributed by atoms with E-state index >= 15 is 0 Å². The highest BCUT2D eigenvalue weighted by molar-refractivity contribution is 5.97. The van der Waals surface area contributed by atoms with Gasteiger partial charge in [0.05, 0.1) is 22.8 Å². The van der Waals surface area contributed by atoms with E-state index in [1.807, 2.05) is 0 Å². The number of hydrogen-bond acceptors (Lipinski definition) is 4. The van der Waals surface area contributed by atoms with Crippen molar-refractivity contribution in [1.29, 1.82) is 0 Å². The molecule has 0 spiro atoms. The van der Waals surface area contributed by atoms with Crippen molar-refractivity contribution in [2.24, 2.45) is 7.05 Å². The van der Waals surface area contributed by atoms with Crippen LogP contribution in [0, 0.1) is 11.6 Å². The average Bonchev–Trinajstić information content (AvgIpc) is 2.75. The highest BCUT2D eigenvalue weighted by Gasteiger charge is 2.17. The summed E-state index contributed by atoms with van der Waals surface area (Å²) in [6.07, 6.45) is 2.64. The monoisotopic (exact) mass is 304 g/mol. The van der Waals surface area contributed by atoms with E-state index in [9.17, 15) is 13.6 Å². The molecule has 22 heavy (non-hydrogen) atoms. The number of pyridine rings is 1. The number of aryl methyl sites for hydroxylation is 1. The SMILES string of the molecule is Cn1nc(Nc2cnccc2C(=O)O)c2cc(F)cc(F)c21. The average molecular weight is 304 g/mol. The molecule has 112 valence electrons. The van der Waals surface area contributed by atoms with Gasteiger partial charge in [0.2, 0.25) is 0 Å². The minimum Gasteiger partial charge on any atom is -0.478 e. The molecule has 0 fully saturated rings. The molecule has 2 N–H and O–H groups in total. The predicted molar refractivity (Wildman–Crippen MR) is 75.1 cm³/mol. The molecule has 3 aromatic rings. The Bertz CT molecular complexity index is 892. The topological polar surface area (TPSA) is 80.0 Å². The zero-order valence-corrected chi connectivity index (χ0v) is 11.3. The third-order valence-electron chi connectivity index (χ3n) is 3.16. The van der Waals surface area contributed by atoms with E-state index in [4.69, 9.17) is 5.11 Å². The molecule has 0 saturated heterocycles. The number of rotatable bonds is 3. The Labute approximate surface area is 123 Å². The summed E-state index contributed by atoms with van der Waals surface area (Å²) in [5, 5.41) is 16.2. The summed E-state index contributed by atoms with van der Waals surface area (Å²) in [5.74, 6) is -2.50. The standard InChI is InChI=1S/C14H10F2N4O2/c1-20-12-9(4-7(15)5-10(12)16)13(19-20)18-11-6-17-3-2-8(11)14(21)22/h2-6H,1H3,(H,18,19)(H,21,22). The first-order chi connectivity index (χ1) is 10.5. The van der Waals surface area contributed by atoms with Gasteiger partial charge in [-0.25, -0.2) is 13.6 Å². The Balaban J connectivity index is 2.15. The quantitative estimate of drug-likeness (QED) is 0.777. The van der Waals surface area contributed by atoms with Gasteiger partial charge in [0.1, 0.15) is 11.3 Å². The molecule has 0 saturated carbocycles. The molecule has 0 radical (unpaired) electrons. The van der Waals surface area contributed by atoms with E-state index in [-0.39, 0.29) is 28.0 Å². The van der Waals surface area contributed by atoms with Crippen LogP contribution in [0.3, 0.4) is 0 Å². The first-order valence-electron chi connectivity index (χ1n) is 6.23. The second-order valence-electron chi connectivity index (χ2n) is 4.61. The molecule has 6 nitrogen and oxygen atoms in total. The lowest BCUT2D eigenvalue weighted by Gasteiger charge is -2.06. The Morgan fingerprint density at radius 2 is 2.14 bits per heavy atom. The van der Waals surface area contributed by atoms with Crippen LogP contribution in [-0.4, -0.2) is 25.8 Å². The van der Waals surface area contributed by atoms with E-state index in [0.29, 0.717) is 0 Å². The number of benzene rings is 1. The van der Waals surface area contributed by atoms with E-state index in [1.54, 1.807) is 0 Å². The molecule has 0 aliphatic rings. The predicted octanol–water partition coefficient (Wildman–Crippen LogP) is 2.69. The van der Waals surface area contributed by atoms with E-state index in [1.165, 1.54) is 30.2 Å². The molecule has 0 amide bonds. The molecule has 0 unspecified atom stereocenters. The molecule has 1 aromatic carbocycles. The number of aromatic carboxylic acids is 1. The second kappa shape index (κ2) is 5.06. The highest BCUT2D eigenvalue weighted by Crippen LogP contribution is 2.29. The fraction of sp³-hybridized carbons (Fsp3) is 0.0714. The summed E-state index contributed by atoms with van der Waals surface area (Å²) < 4.78 is 28.5. The third-order valence-corrected chi connectivity index (χ3v) is 3.16. The summed E-state index contributed by atoms with van der Waals surface area (Å²) >= 11 is 0. The Hall–Kier alpha value is -3.03. The van der Waals surface area contributed by atoms with Gasteiger partial charge in [-0.2, -0.15) is 5.10 Å². The third kappa shape index (κ3) is 2.24. The number of aromatic nitrogens is 3. The number of carboxylic acids is 1. The fourth-order valence-corrected chi connectivity index (χ4v) is 2.23. The lowest BCUT2D eigenvalue weighted by molar-refractivity contribution is 0.0698. The summed E-state index contributed by atoms with van der Waals surface area (Å²) in [7, 11) is 1.51. The summed E-state index contributed by atoms with van der Waals surface area (Å²) in [6, 6.07) is 3.21. The van der Waals surface area contributed by atoms with Crippen LogP contribution >= 0.6 is 0 Å². The Kier molecular flexibility index (Phi) is 3.21. The Morgan fingerprint density at radius 1 is 1.36 bits per heavy atom. The maximum absolute atomic E-state index is 13.8. The van der Waals surface area contributed by atoms with Crippen molar-refractivity contribution in [2.45, 2.75) is 0 Å². The van der Waals surface area contributed by atoms with Crippen molar-refractivity contribution in [3.05, 3.63) is 47.8 Å². The van der Waals surface area contributed by atoms with Crippen LogP contribution < -0.4 is 5.32 Å². The molecule has 2 aromatic heterocycles. The first-order valence-corrected chi connectivity index (χ1v) is 6.23. The number of carbonyl (C=O) groups is 1. The largest absolute Gasteiger partial charge is 0.478 e. The molecule has 2 heterocycles. The van der Waals surface area contributed by atoms with Crippen LogP contribution in [0.2, 0.25) is 0 Å². The molecule has 8 heteroatoms.